The van der Waals surface area contributed by atoms with Crippen molar-refractivity contribution >= 4 is 22.6 Å². The first-order chi connectivity index (χ1) is 15.0. The summed E-state index contributed by atoms with van der Waals surface area (Å²) in [6.07, 6.45) is 3.07. The van der Waals surface area contributed by atoms with E-state index in [1.165, 1.54) is 22.7 Å². The van der Waals surface area contributed by atoms with Gasteiger partial charge in [0.05, 0.1) is 0 Å². The van der Waals surface area contributed by atoms with E-state index in [1.54, 1.807) is 0 Å². The number of carbonyl (C=O) groups excluding carboxylic acids is 1. The summed E-state index contributed by atoms with van der Waals surface area (Å²) in [5, 5.41) is 4.02. The highest BCUT2D eigenvalue weighted by molar-refractivity contribution is 7.09. The molecule has 3 rings (SSSR count). The molecule has 6 heteroatoms. The zero-order chi connectivity index (χ0) is 22.1. The van der Waals surface area contributed by atoms with Gasteiger partial charge in [0.1, 0.15) is 5.82 Å². The van der Waals surface area contributed by atoms with Gasteiger partial charge in [-0.2, -0.15) is 4.37 Å². The Balaban J connectivity index is 1.48. The monoisotopic (exact) mass is 436 g/mol. The van der Waals surface area contributed by atoms with Gasteiger partial charge < -0.3 is 10.2 Å². The van der Waals surface area contributed by atoms with Gasteiger partial charge in [0.15, 0.2) is 0 Å². The molecule has 1 aromatic heterocycles. The highest BCUT2D eigenvalue weighted by Crippen LogP contribution is 2.21. The average molecular weight is 437 g/mol. The summed E-state index contributed by atoms with van der Waals surface area (Å²) in [7, 11) is 0. The van der Waals surface area contributed by atoms with Crippen molar-refractivity contribution in [3.63, 3.8) is 0 Å². The summed E-state index contributed by atoms with van der Waals surface area (Å²) < 4.78 is 4.53. The minimum absolute atomic E-state index is 0.0836. The Morgan fingerprint density at radius 2 is 1.65 bits per heavy atom. The van der Waals surface area contributed by atoms with Crippen LogP contribution < -0.4 is 10.2 Å². The van der Waals surface area contributed by atoms with Crippen molar-refractivity contribution in [3.05, 3.63) is 77.6 Å². The van der Waals surface area contributed by atoms with E-state index in [4.69, 9.17) is 4.98 Å². The molecule has 3 aromatic rings. The lowest BCUT2D eigenvalue weighted by Crippen LogP contribution is -2.38. The van der Waals surface area contributed by atoms with Gasteiger partial charge in [-0.25, -0.2) is 4.98 Å². The number of hydrogen-bond acceptors (Lipinski definition) is 5. The number of aromatic nitrogens is 2. The van der Waals surface area contributed by atoms with Gasteiger partial charge >= 0.3 is 0 Å². The largest absolute Gasteiger partial charge is 0.354 e. The highest BCUT2D eigenvalue weighted by Gasteiger charge is 2.18. The second-order valence-electron chi connectivity index (χ2n) is 8.19. The third-order valence-corrected chi connectivity index (χ3v) is 6.02. The first-order valence-corrected chi connectivity index (χ1v) is 11.7. The van der Waals surface area contributed by atoms with Crippen LogP contribution in [0.2, 0.25) is 0 Å². The van der Waals surface area contributed by atoms with Gasteiger partial charge in [0.25, 0.3) is 0 Å². The molecule has 2 aromatic carbocycles. The third kappa shape index (κ3) is 7.47. The Morgan fingerprint density at radius 1 is 1.00 bits per heavy atom. The molecule has 0 radical (unpaired) electrons. The first kappa shape index (κ1) is 22.9. The predicted molar refractivity (Wildman–Crippen MR) is 129 cm³/mol. The van der Waals surface area contributed by atoms with E-state index in [0.717, 1.165) is 30.2 Å². The number of rotatable bonds is 11. The van der Waals surface area contributed by atoms with Gasteiger partial charge in [-0.1, -0.05) is 60.7 Å². The molecule has 1 amide bonds. The SMILES string of the molecule is CC(CCc1ccccc1)NC(=O)CCN(c1nc(Cc2ccccc2)ns1)C(C)C. The van der Waals surface area contributed by atoms with Crippen LogP contribution in [0.3, 0.4) is 0 Å². The van der Waals surface area contributed by atoms with Crippen molar-refractivity contribution in [2.75, 3.05) is 11.4 Å². The molecule has 1 heterocycles. The lowest BCUT2D eigenvalue weighted by atomic mass is 10.1. The van der Waals surface area contributed by atoms with Crippen molar-refractivity contribution in [1.29, 1.82) is 0 Å². The Hall–Kier alpha value is -2.73. The predicted octanol–water partition coefficient (Wildman–Crippen LogP) is 4.87. The molecule has 0 spiro atoms. The quantitative estimate of drug-likeness (QED) is 0.466. The molecular weight excluding hydrogens is 404 g/mol. The van der Waals surface area contributed by atoms with E-state index in [0.29, 0.717) is 13.0 Å². The van der Waals surface area contributed by atoms with Crippen LogP contribution in [-0.2, 0) is 17.6 Å². The van der Waals surface area contributed by atoms with Crippen molar-refractivity contribution in [3.8, 4) is 0 Å². The number of anilines is 1. The summed E-state index contributed by atoms with van der Waals surface area (Å²) in [6.45, 7) is 6.95. The lowest BCUT2D eigenvalue weighted by molar-refractivity contribution is -0.121. The molecule has 1 atom stereocenters. The maximum atomic E-state index is 12.5. The van der Waals surface area contributed by atoms with Crippen molar-refractivity contribution < 1.29 is 4.79 Å². The molecule has 0 saturated heterocycles. The molecule has 164 valence electrons. The number of nitrogens with zero attached hydrogens (tertiary/aromatic N) is 3. The van der Waals surface area contributed by atoms with Crippen LogP contribution in [0.15, 0.2) is 60.7 Å². The van der Waals surface area contributed by atoms with Gasteiger partial charge in [0.2, 0.25) is 11.0 Å². The summed E-state index contributed by atoms with van der Waals surface area (Å²) in [6, 6.07) is 21.0. The van der Waals surface area contributed by atoms with E-state index in [1.807, 2.05) is 24.3 Å². The van der Waals surface area contributed by atoms with E-state index in [2.05, 4.69) is 71.8 Å². The number of hydrogen-bond donors (Lipinski definition) is 1. The molecule has 0 aliphatic heterocycles. The standard InChI is InChI=1S/C25H32N4OS/c1-19(2)29(25-27-23(28-31-25)18-22-12-8-5-9-13-22)17-16-24(30)26-20(3)14-15-21-10-6-4-7-11-21/h4-13,19-20H,14-18H2,1-3H3,(H,26,30). The van der Waals surface area contributed by atoms with E-state index in [9.17, 15) is 4.79 Å². The molecule has 5 nitrogen and oxygen atoms in total. The summed E-state index contributed by atoms with van der Waals surface area (Å²) in [5.74, 6) is 0.913. The second kappa shape index (κ2) is 11.6. The fourth-order valence-electron chi connectivity index (χ4n) is 3.46. The zero-order valence-electron chi connectivity index (χ0n) is 18.6. The molecule has 0 saturated carbocycles. The summed E-state index contributed by atoms with van der Waals surface area (Å²) >= 11 is 1.41. The number of carbonyl (C=O) groups is 1. The summed E-state index contributed by atoms with van der Waals surface area (Å²) in [4.78, 5) is 19.4. The van der Waals surface area contributed by atoms with Gasteiger partial charge in [0, 0.05) is 43.0 Å². The molecule has 0 bridgehead atoms. The maximum absolute atomic E-state index is 12.5. The molecule has 1 N–H and O–H groups in total. The fourth-order valence-corrected chi connectivity index (χ4v) is 4.30. The van der Waals surface area contributed by atoms with Gasteiger partial charge in [-0.3, -0.25) is 4.79 Å². The minimum atomic E-state index is 0.0836. The number of nitrogens with one attached hydrogen (secondary N) is 1. The van der Waals surface area contributed by atoms with Crippen LogP contribution >= 0.6 is 11.5 Å². The van der Waals surface area contributed by atoms with Crippen LogP contribution in [0.25, 0.3) is 0 Å². The number of amides is 1. The Bertz CT molecular complexity index is 927. The van der Waals surface area contributed by atoms with E-state index in [-0.39, 0.29) is 18.0 Å². The Morgan fingerprint density at radius 3 is 2.29 bits per heavy atom. The van der Waals surface area contributed by atoms with Crippen LogP contribution in [0.1, 0.15) is 50.6 Å². The van der Waals surface area contributed by atoms with Crippen LogP contribution in [-0.4, -0.2) is 33.9 Å². The van der Waals surface area contributed by atoms with Crippen LogP contribution in [0.5, 0.6) is 0 Å². The fraction of sp³-hybridized carbons (Fsp3) is 0.400. The zero-order valence-corrected chi connectivity index (χ0v) is 19.4. The van der Waals surface area contributed by atoms with E-state index < -0.39 is 0 Å². The molecule has 0 aliphatic rings. The smallest absolute Gasteiger partial charge is 0.221 e. The lowest BCUT2D eigenvalue weighted by Gasteiger charge is -2.25. The topological polar surface area (TPSA) is 58.1 Å². The molecule has 1 unspecified atom stereocenters. The number of aryl methyl sites for hydroxylation is 1. The maximum Gasteiger partial charge on any atom is 0.221 e. The molecule has 0 fully saturated rings. The normalized spacial score (nSPS) is 12.0. The number of benzene rings is 2. The van der Waals surface area contributed by atoms with Crippen molar-refractivity contribution in [1.82, 2.24) is 14.7 Å². The molecular formula is C25H32N4OS. The third-order valence-electron chi connectivity index (χ3n) is 5.23. The van der Waals surface area contributed by atoms with E-state index >= 15 is 0 Å². The van der Waals surface area contributed by atoms with Crippen molar-refractivity contribution in [2.45, 2.75) is 58.5 Å². The van der Waals surface area contributed by atoms with Crippen LogP contribution in [0, 0.1) is 0 Å². The highest BCUT2D eigenvalue weighted by atomic mass is 32.1. The Labute approximate surface area is 189 Å². The van der Waals surface area contributed by atoms with Crippen LogP contribution in [0.4, 0.5) is 5.13 Å². The molecule has 0 aliphatic carbocycles. The van der Waals surface area contributed by atoms with Gasteiger partial charge in [-0.05, 0) is 44.7 Å². The minimum Gasteiger partial charge on any atom is -0.354 e. The summed E-state index contributed by atoms with van der Waals surface area (Å²) in [5.41, 5.74) is 2.50. The molecule has 31 heavy (non-hydrogen) atoms. The Kier molecular flexibility index (Phi) is 8.59. The second-order valence-corrected chi connectivity index (χ2v) is 8.92. The van der Waals surface area contributed by atoms with Crippen molar-refractivity contribution in [2.24, 2.45) is 0 Å². The average Bonchev–Trinajstić information content (AvgIpc) is 3.21. The van der Waals surface area contributed by atoms with Gasteiger partial charge in [-0.15, -0.1) is 0 Å². The first-order valence-electron chi connectivity index (χ1n) is 11.0.